The molecule has 0 amide bonds. The summed E-state index contributed by atoms with van der Waals surface area (Å²) in [6.07, 6.45) is 4.93. The number of hydrogen-bond acceptors (Lipinski definition) is 2. The first-order chi connectivity index (χ1) is 6.82. The van der Waals surface area contributed by atoms with Gasteiger partial charge in [-0.1, -0.05) is 18.2 Å². The molecule has 1 aromatic carbocycles. The van der Waals surface area contributed by atoms with E-state index in [0.717, 1.165) is 13.0 Å². The Balaban J connectivity index is 2.14. The predicted molar refractivity (Wildman–Crippen MR) is 56.2 cm³/mol. The first-order valence-electron chi connectivity index (χ1n) is 4.95. The molecule has 3 rings (SSSR count). The number of likely N-dealkylation sites (N-methyl/N-ethyl adjacent to an activating group) is 1. The number of rotatable bonds is 0. The van der Waals surface area contributed by atoms with Crippen molar-refractivity contribution in [3.05, 3.63) is 42.2 Å². The molecule has 0 aromatic heterocycles. The molecule has 1 aromatic rings. The van der Waals surface area contributed by atoms with Gasteiger partial charge in [0.15, 0.2) is 5.60 Å². The van der Waals surface area contributed by atoms with Crippen molar-refractivity contribution < 1.29 is 4.74 Å². The molecule has 14 heavy (non-hydrogen) atoms. The third-order valence-electron chi connectivity index (χ3n) is 3.14. The summed E-state index contributed by atoms with van der Waals surface area (Å²) in [7, 11) is 2.12. The minimum Gasteiger partial charge on any atom is -0.488 e. The summed E-state index contributed by atoms with van der Waals surface area (Å²) in [6, 6.07) is 8.50. The minimum atomic E-state index is -0.0919. The molecule has 0 saturated heterocycles. The monoisotopic (exact) mass is 187 g/mol. The number of hydrogen-bond donors (Lipinski definition) is 0. The largest absolute Gasteiger partial charge is 0.488 e. The van der Waals surface area contributed by atoms with Gasteiger partial charge in [-0.15, -0.1) is 0 Å². The third kappa shape index (κ3) is 0.857. The van der Waals surface area contributed by atoms with Crippen molar-refractivity contribution in [3.63, 3.8) is 0 Å². The average Bonchev–Trinajstić information content (AvgIpc) is 2.77. The molecule has 2 heteroatoms. The fraction of sp³-hybridized carbons (Fsp3) is 0.333. The highest BCUT2D eigenvalue weighted by atomic mass is 16.5. The van der Waals surface area contributed by atoms with Crippen LogP contribution in [-0.2, 0) is 10.3 Å². The summed E-state index contributed by atoms with van der Waals surface area (Å²) in [5.41, 5.74) is 2.54. The van der Waals surface area contributed by atoms with Crippen molar-refractivity contribution in [3.8, 4) is 0 Å². The van der Waals surface area contributed by atoms with Crippen LogP contribution in [0.4, 0.5) is 5.69 Å². The highest BCUT2D eigenvalue weighted by Crippen LogP contribution is 2.45. The van der Waals surface area contributed by atoms with E-state index in [1.807, 2.05) is 6.26 Å². The lowest BCUT2D eigenvalue weighted by atomic mass is 9.94. The van der Waals surface area contributed by atoms with E-state index in [4.69, 9.17) is 4.74 Å². The van der Waals surface area contributed by atoms with Gasteiger partial charge < -0.3 is 9.64 Å². The van der Waals surface area contributed by atoms with Crippen LogP contribution in [0.1, 0.15) is 12.0 Å². The molecular formula is C12H13NO. The second kappa shape index (κ2) is 2.53. The maximum absolute atomic E-state index is 5.78. The highest BCUT2D eigenvalue weighted by molar-refractivity contribution is 5.61. The summed E-state index contributed by atoms with van der Waals surface area (Å²) < 4.78 is 5.78. The lowest BCUT2D eigenvalue weighted by Gasteiger charge is -2.23. The summed E-state index contributed by atoms with van der Waals surface area (Å²) in [4.78, 5) is 2.27. The number of benzene rings is 1. The molecule has 0 fully saturated rings. The van der Waals surface area contributed by atoms with Gasteiger partial charge in [0.25, 0.3) is 0 Å². The molecule has 2 aliphatic heterocycles. The second-order valence-corrected chi connectivity index (χ2v) is 4.06. The molecule has 0 saturated carbocycles. The first-order valence-corrected chi connectivity index (χ1v) is 4.95. The Hall–Kier alpha value is -1.44. The molecule has 2 heterocycles. The van der Waals surface area contributed by atoms with E-state index >= 15 is 0 Å². The maximum atomic E-state index is 5.78. The average molecular weight is 187 g/mol. The van der Waals surface area contributed by atoms with Gasteiger partial charge in [-0.3, -0.25) is 0 Å². The van der Waals surface area contributed by atoms with E-state index < -0.39 is 0 Å². The quantitative estimate of drug-likeness (QED) is 0.617. The summed E-state index contributed by atoms with van der Waals surface area (Å²) in [6.45, 7) is 0.958. The van der Waals surface area contributed by atoms with E-state index in [2.05, 4.69) is 42.3 Å². The van der Waals surface area contributed by atoms with E-state index in [1.165, 1.54) is 11.3 Å². The summed E-state index contributed by atoms with van der Waals surface area (Å²) >= 11 is 0. The zero-order chi connectivity index (χ0) is 9.60. The van der Waals surface area contributed by atoms with Crippen LogP contribution in [0.15, 0.2) is 36.6 Å². The molecule has 2 aliphatic rings. The van der Waals surface area contributed by atoms with Crippen molar-refractivity contribution in [1.82, 2.24) is 0 Å². The van der Waals surface area contributed by atoms with Crippen LogP contribution in [0, 0.1) is 0 Å². The van der Waals surface area contributed by atoms with E-state index in [9.17, 15) is 0 Å². The van der Waals surface area contributed by atoms with Gasteiger partial charge in [-0.25, -0.2) is 0 Å². The minimum absolute atomic E-state index is 0.0919. The number of para-hydroxylation sites is 1. The van der Waals surface area contributed by atoms with Gasteiger partial charge in [-0.2, -0.15) is 0 Å². The highest BCUT2D eigenvalue weighted by Gasteiger charge is 2.43. The van der Waals surface area contributed by atoms with E-state index in [-0.39, 0.29) is 5.60 Å². The molecular weight excluding hydrogens is 174 g/mol. The number of anilines is 1. The zero-order valence-electron chi connectivity index (χ0n) is 8.23. The Kier molecular flexibility index (Phi) is 1.43. The Bertz CT molecular complexity index is 389. The van der Waals surface area contributed by atoms with Crippen LogP contribution < -0.4 is 4.90 Å². The maximum Gasteiger partial charge on any atom is 0.156 e. The van der Waals surface area contributed by atoms with Crippen LogP contribution in [-0.4, -0.2) is 13.6 Å². The number of nitrogens with zero attached hydrogens (tertiary/aromatic N) is 1. The van der Waals surface area contributed by atoms with Gasteiger partial charge >= 0.3 is 0 Å². The van der Waals surface area contributed by atoms with Crippen molar-refractivity contribution in [1.29, 1.82) is 0 Å². The van der Waals surface area contributed by atoms with Crippen LogP contribution in [0.25, 0.3) is 0 Å². The zero-order valence-corrected chi connectivity index (χ0v) is 8.23. The smallest absolute Gasteiger partial charge is 0.156 e. The van der Waals surface area contributed by atoms with E-state index in [1.54, 1.807) is 0 Å². The topological polar surface area (TPSA) is 12.5 Å². The van der Waals surface area contributed by atoms with Crippen molar-refractivity contribution in [2.45, 2.75) is 12.0 Å². The van der Waals surface area contributed by atoms with Crippen molar-refractivity contribution >= 4 is 5.69 Å². The fourth-order valence-electron chi connectivity index (χ4n) is 2.49. The van der Waals surface area contributed by atoms with Gasteiger partial charge in [-0.05, 0) is 12.1 Å². The van der Waals surface area contributed by atoms with Crippen LogP contribution in [0.5, 0.6) is 0 Å². The Morgan fingerprint density at radius 2 is 2.21 bits per heavy atom. The third-order valence-corrected chi connectivity index (χ3v) is 3.14. The van der Waals surface area contributed by atoms with Gasteiger partial charge in [0.05, 0.1) is 12.8 Å². The van der Waals surface area contributed by atoms with Gasteiger partial charge in [0, 0.05) is 24.7 Å². The fourth-order valence-corrected chi connectivity index (χ4v) is 2.49. The van der Waals surface area contributed by atoms with Crippen LogP contribution in [0.3, 0.4) is 0 Å². The Labute approximate surface area is 83.8 Å². The lowest BCUT2D eigenvalue weighted by molar-refractivity contribution is 0.0582. The molecule has 1 unspecified atom stereocenters. The molecule has 2 nitrogen and oxygen atoms in total. The molecule has 0 aliphatic carbocycles. The number of ether oxygens (including phenoxy) is 1. The van der Waals surface area contributed by atoms with Crippen LogP contribution >= 0.6 is 0 Å². The van der Waals surface area contributed by atoms with E-state index in [0.29, 0.717) is 0 Å². The standard InChI is InChI=1S/C12H13NO/c1-13-9-12(7-4-8-14-12)10-5-2-3-6-11(10)13/h2-6,8H,7,9H2,1H3. The van der Waals surface area contributed by atoms with Crippen molar-refractivity contribution in [2.75, 3.05) is 18.5 Å². The van der Waals surface area contributed by atoms with Gasteiger partial charge in [0.2, 0.25) is 0 Å². The lowest BCUT2D eigenvalue weighted by Crippen LogP contribution is -2.30. The molecule has 0 bridgehead atoms. The Morgan fingerprint density at radius 3 is 3.00 bits per heavy atom. The van der Waals surface area contributed by atoms with Crippen LogP contribution in [0.2, 0.25) is 0 Å². The SMILES string of the molecule is CN1CC2(CC=CO2)c2ccccc21. The predicted octanol–water partition coefficient (Wildman–Crippen LogP) is 2.27. The molecule has 1 atom stereocenters. The molecule has 72 valence electrons. The second-order valence-electron chi connectivity index (χ2n) is 4.06. The molecule has 0 radical (unpaired) electrons. The molecule has 1 spiro atoms. The Morgan fingerprint density at radius 1 is 1.36 bits per heavy atom. The summed E-state index contributed by atoms with van der Waals surface area (Å²) in [5.74, 6) is 0. The number of fused-ring (bicyclic) bond motifs is 2. The van der Waals surface area contributed by atoms with Gasteiger partial charge in [0.1, 0.15) is 0 Å². The first kappa shape index (κ1) is 7.92. The van der Waals surface area contributed by atoms with Crippen molar-refractivity contribution in [2.24, 2.45) is 0 Å². The normalized spacial score (nSPS) is 28.2. The summed E-state index contributed by atoms with van der Waals surface area (Å²) in [5, 5.41) is 0. The molecule has 0 N–H and O–H groups in total.